The van der Waals surface area contributed by atoms with Crippen LogP contribution in [0.15, 0.2) is 32.3 Å². The zero-order valence-electron chi connectivity index (χ0n) is 11.3. The molecule has 0 saturated heterocycles. The van der Waals surface area contributed by atoms with Crippen molar-refractivity contribution in [2.75, 3.05) is 0 Å². The fourth-order valence-corrected chi connectivity index (χ4v) is 2.82. The number of hydrogen-bond donors (Lipinski definition) is 1. The van der Waals surface area contributed by atoms with Gasteiger partial charge in [0, 0.05) is 4.47 Å². The van der Waals surface area contributed by atoms with Crippen LogP contribution in [0.4, 0.5) is 0 Å². The average molecular weight is 358 g/mol. The van der Waals surface area contributed by atoms with E-state index < -0.39 is 5.69 Å². The van der Waals surface area contributed by atoms with Gasteiger partial charge in [-0.15, -0.1) is 0 Å². The zero-order chi connectivity index (χ0) is 15.0. The lowest BCUT2D eigenvalue weighted by Gasteiger charge is -2.13. The fourth-order valence-electron chi connectivity index (χ4n) is 2.08. The first-order valence-electron chi connectivity index (χ1n) is 6.14. The number of aromatic nitrogens is 2. The number of halogens is 2. The first-order chi connectivity index (χ1) is 9.34. The molecule has 0 fully saturated rings. The van der Waals surface area contributed by atoms with E-state index in [1.165, 1.54) is 0 Å². The summed E-state index contributed by atoms with van der Waals surface area (Å²) in [6.45, 7) is 5.56. The second-order valence-corrected chi connectivity index (χ2v) is 6.07. The van der Waals surface area contributed by atoms with Crippen LogP contribution in [0.1, 0.15) is 30.9 Å². The van der Waals surface area contributed by atoms with E-state index in [4.69, 9.17) is 11.6 Å². The van der Waals surface area contributed by atoms with Gasteiger partial charge in [0.15, 0.2) is 0 Å². The minimum atomic E-state index is -0.536. The SMILES string of the molecule is Cc1c(Br)cccc1-n1c(=O)[nH]c(Cl)c(C(C)C)c1=O. The molecule has 2 rings (SSSR count). The molecule has 6 heteroatoms. The molecule has 1 heterocycles. The third-order valence-corrected chi connectivity index (χ3v) is 4.30. The highest BCUT2D eigenvalue weighted by Crippen LogP contribution is 2.22. The third kappa shape index (κ3) is 2.47. The summed E-state index contributed by atoms with van der Waals surface area (Å²) in [6, 6.07) is 5.37. The molecule has 0 amide bonds. The Bertz CT molecular complexity index is 778. The molecule has 1 aromatic heterocycles. The van der Waals surface area contributed by atoms with Gasteiger partial charge in [-0.25, -0.2) is 9.36 Å². The minimum Gasteiger partial charge on any atom is -0.297 e. The maximum Gasteiger partial charge on any atom is 0.334 e. The van der Waals surface area contributed by atoms with Crippen LogP contribution < -0.4 is 11.2 Å². The van der Waals surface area contributed by atoms with Crippen LogP contribution in [-0.2, 0) is 0 Å². The second-order valence-electron chi connectivity index (χ2n) is 4.84. The molecule has 1 N–H and O–H groups in total. The quantitative estimate of drug-likeness (QED) is 0.838. The van der Waals surface area contributed by atoms with E-state index in [0.717, 1.165) is 14.6 Å². The van der Waals surface area contributed by atoms with Crippen molar-refractivity contribution in [3.63, 3.8) is 0 Å². The summed E-state index contributed by atoms with van der Waals surface area (Å²) in [7, 11) is 0. The summed E-state index contributed by atoms with van der Waals surface area (Å²) in [4.78, 5) is 27.2. The highest BCUT2D eigenvalue weighted by Gasteiger charge is 2.18. The average Bonchev–Trinajstić information content (AvgIpc) is 2.33. The fraction of sp³-hybridized carbons (Fsp3) is 0.286. The van der Waals surface area contributed by atoms with E-state index in [2.05, 4.69) is 20.9 Å². The van der Waals surface area contributed by atoms with Crippen molar-refractivity contribution in [3.8, 4) is 5.69 Å². The molecule has 106 valence electrons. The number of benzene rings is 1. The van der Waals surface area contributed by atoms with Crippen LogP contribution in [0.3, 0.4) is 0 Å². The van der Waals surface area contributed by atoms with E-state index in [1.54, 1.807) is 12.1 Å². The van der Waals surface area contributed by atoms with E-state index >= 15 is 0 Å². The maximum absolute atomic E-state index is 12.6. The number of nitrogens with zero attached hydrogens (tertiary/aromatic N) is 1. The van der Waals surface area contributed by atoms with Crippen LogP contribution in [0, 0.1) is 6.92 Å². The van der Waals surface area contributed by atoms with E-state index in [9.17, 15) is 9.59 Å². The van der Waals surface area contributed by atoms with Gasteiger partial charge >= 0.3 is 5.69 Å². The Kier molecular flexibility index (Phi) is 4.20. The summed E-state index contributed by atoms with van der Waals surface area (Å²) >= 11 is 9.38. The van der Waals surface area contributed by atoms with Crippen LogP contribution >= 0.6 is 27.5 Å². The molecule has 0 radical (unpaired) electrons. The summed E-state index contributed by atoms with van der Waals surface area (Å²) in [5, 5.41) is 0.110. The molecule has 20 heavy (non-hydrogen) atoms. The van der Waals surface area contributed by atoms with Crippen molar-refractivity contribution in [1.82, 2.24) is 9.55 Å². The normalized spacial score (nSPS) is 11.1. The van der Waals surface area contributed by atoms with Gasteiger partial charge in [0.25, 0.3) is 5.56 Å². The number of rotatable bonds is 2. The zero-order valence-corrected chi connectivity index (χ0v) is 13.7. The van der Waals surface area contributed by atoms with Gasteiger partial charge in [0.2, 0.25) is 0 Å². The Labute approximate surface area is 129 Å². The molecule has 4 nitrogen and oxygen atoms in total. The van der Waals surface area contributed by atoms with Crippen LogP contribution in [0.2, 0.25) is 5.15 Å². The largest absolute Gasteiger partial charge is 0.334 e. The maximum atomic E-state index is 12.6. The van der Waals surface area contributed by atoms with Gasteiger partial charge in [-0.3, -0.25) is 9.78 Å². The summed E-state index contributed by atoms with van der Waals surface area (Å²) < 4.78 is 1.96. The van der Waals surface area contributed by atoms with Crippen molar-refractivity contribution in [3.05, 3.63) is 59.8 Å². The minimum absolute atomic E-state index is 0.0782. The molecule has 0 atom stereocenters. The summed E-state index contributed by atoms with van der Waals surface area (Å²) in [5.41, 5.74) is 0.854. The number of aromatic amines is 1. The lowest BCUT2D eigenvalue weighted by molar-refractivity contribution is 0.775. The van der Waals surface area contributed by atoms with E-state index in [-0.39, 0.29) is 16.6 Å². The van der Waals surface area contributed by atoms with Gasteiger partial charge in [-0.05, 0) is 30.5 Å². The Morgan fingerprint density at radius 3 is 2.55 bits per heavy atom. The Morgan fingerprint density at radius 2 is 1.95 bits per heavy atom. The molecule has 0 aliphatic heterocycles. The highest BCUT2D eigenvalue weighted by atomic mass is 79.9. The molecule has 2 aromatic rings. The van der Waals surface area contributed by atoms with Gasteiger partial charge in [-0.1, -0.05) is 47.4 Å². The molecule has 0 aliphatic carbocycles. The predicted octanol–water partition coefficient (Wildman–Crippen LogP) is 3.37. The van der Waals surface area contributed by atoms with Crippen molar-refractivity contribution < 1.29 is 0 Å². The molecule has 1 aromatic carbocycles. The second kappa shape index (κ2) is 5.58. The first kappa shape index (κ1) is 15.1. The number of hydrogen-bond acceptors (Lipinski definition) is 2. The summed E-state index contributed by atoms with van der Waals surface area (Å²) in [6.07, 6.45) is 0. The van der Waals surface area contributed by atoms with Crippen LogP contribution in [0.25, 0.3) is 5.69 Å². The van der Waals surface area contributed by atoms with E-state index in [0.29, 0.717) is 11.3 Å². The summed E-state index contributed by atoms with van der Waals surface area (Å²) in [5.74, 6) is -0.0782. The lowest BCUT2D eigenvalue weighted by atomic mass is 10.1. The Balaban J connectivity index is 2.89. The van der Waals surface area contributed by atoms with Gasteiger partial charge < -0.3 is 0 Å². The highest BCUT2D eigenvalue weighted by molar-refractivity contribution is 9.10. The molecule has 0 spiro atoms. The number of H-pyrrole nitrogens is 1. The topological polar surface area (TPSA) is 54.9 Å². The third-order valence-electron chi connectivity index (χ3n) is 3.15. The first-order valence-corrected chi connectivity index (χ1v) is 7.32. The monoisotopic (exact) mass is 356 g/mol. The lowest BCUT2D eigenvalue weighted by Crippen LogP contribution is -2.37. The van der Waals surface area contributed by atoms with Gasteiger partial charge in [0.1, 0.15) is 5.15 Å². The predicted molar refractivity (Wildman–Crippen MR) is 84.2 cm³/mol. The van der Waals surface area contributed by atoms with Crippen molar-refractivity contribution >= 4 is 27.5 Å². The van der Waals surface area contributed by atoms with Crippen molar-refractivity contribution in [1.29, 1.82) is 0 Å². The Morgan fingerprint density at radius 1 is 1.30 bits per heavy atom. The molecular weight excluding hydrogens is 344 g/mol. The van der Waals surface area contributed by atoms with E-state index in [1.807, 2.05) is 26.8 Å². The Hall–Kier alpha value is -1.33. The standard InChI is InChI=1S/C14H14BrClN2O2/c1-7(2)11-12(16)17-14(20)18(13(11)19)10-6-4-5-9(15)8(10)3/h4-7H,1-3H3,(H,17,20). The smallest absolute Gasteiger partial charge is 0.297 e. The molecule has 0 saturated carbocycles. The molecular formula is C14H14BrClN2O2. The van der Waals surface area contributed by atoms with Crippen molar-refractivity contribution in [2.45, 2.75) is 26.7 Å². The van der Waals surface area contributed by atoms with Crippen LogP contribution in [-0.4, -0.2) is 9.55 Å². The van der Waals surface area contributed by atoms with Crippen LogP contribution in [0.5, 0.6) is 0 Å². The molecule has 0 aliphatic rings. The molecule has 0 unspecified atom stereocenters. The molecule has 0 bridgehead atoms. The number of nitrogens with one attached hydrogen (secondary N) is 1. The van der Waals surface area contributed by atoms with Gasteiger partial charge in [0.05, 0.1) is 11.3 Å². The van der Waals surface area contributed by atoms with Crippen molar-refractivity contribution in [2.24, 2.45) is 0 Å². The van der Waals surface area contributed by atoms with Gasteiger partial charge in [-0.2, -0.15) is 0 Å².